The van der Waals surface area contributed by atoms with Gasteiger partial charge in [-0.15, -0.1) is 26.3 Å². The predicted molar refractivity (Wildman–Crippen MR) is 143 cm³/mol. The Hall–Kier alpha value is -2.57. The second kappa shape index (κ2) is 14.6. The van der Waals surface area contributed by atoms with E-state index >= 15 is 0 Å². The number of halogens is 2. The molecule has 0 saturated carbocycles. The standard InChI is InChI=1S/C27H32Cl2N4O/c1-5-13-32(14-6-2)19-23(25-17-21(28)9-11-30-25)27(34)24(20-33(15-7-3)16-8-4)26-18-22(29)10-12-31-26/h5-12,17-18,23-24H,1-4,13-16,19-20H2. The highest BCUT2D eigenvalue weighted by Crippen LogP contribution is 2.29. The van der Waals surface area contributed by atoms with Crippen LogP contribution in [-0.4, -0.2) is 64.8 Å². The molecule has 2 rings (SSSR count). The fraction of sp³-hybridized carbons (Fsp3) is 0.296. The van der Waals surface area contributed by atoms with Gasteiger partial charge in [0.25, 0.3) is 0 Å². The first-order valence-electron chi connectivity index (χ1n) is 11.1. The van der Waals surface area contributed by atoms with E-state index < -0.39 is 11.8 Å². The number of hydrogen-bond donors (Lipinski definition) is 0. The van der Waals surface area contributed by atoms with Crippen molar-refractivity contribution in [1.29, 1.82) is 0 Å². The summed E-state index contributed by atoms with van der Waals surface area (Å²) in [6.07, 6.45) is 10.5. The largest absolute Gasteiger partial charge is 0.298 e. The molecule has 0 fully saturated rings. The van der Waals surface area contributed by atoms with Gasteiger partial charge in [0.2, 0.25) is 0 Å². The van der Waals surface area contributed by atoms with Crippen molar-refractivity contribution in [3.05, 3.63) is 109 Å². The first kappa shape index (κ1) is 27.7. The third-order valence-corrected chi connectivity index (χ3v) is 5.79. The number of Topliss-reactive ketones (excluding diaryl/α,β-unsaturated/α-hetero) is 1. The molecule has 180 valence electrons. The molecule has 2 aromatic rings. The van der Waals surface area contributed by atoms with Crippen LogP contribution in [0.25, 0.3) is 0 Å². The molecule has 0 aromatic carbocycles. The van der Waals surface area contributed by atoms with Crippen LogP contribution in [0, 0.1) is 0 Å². The molecule has 0 aliphatic carbocycles. The fourth-order valence-electron chi connectivity index (χ4n) is 3.82. The van der Waals surface area contributed by atoms with Crippen molar-refractivity contribution < 1.29 is 4.79 Å². The Kier molecular flexibility index (Phi) is 11.9. The molecule has 0 spiro atoms. The van der Waals surface area contributed by atoms with E-state index in [1.165, 1.54) is 0 Å². The molecular formula is C27H32Cl2N4O. The second-order valence-electron chi connectivity index (χ2n) is 7.90. The maximum Gasteiger partial charge on any atom is 0.153 e. The summed E-state index contributed by atoms with van der Waals surface area (Å²) < 4.78 is 0. The highest BCUT2D eigenvalue weighted by Gasteiger charge is 2.33. The van der Waals surface area contributed by atoms with Crippen molar-refractivity contribution >= 4 is 29.0 Å². The van der Waals surface area contributed by atoms with Gasteiger partial charge in [-0.2, -0.15) is 0 Å². The predicted octanol–water partition coefficient (Wildman–Crippen LogP) is 5.57. The second-order valence-corrected chi connectivity index (χ2v) is 8.77. The number of carbonyl (C=O) groups is 1. The van der Waals surface area contributed by atoms with E-state index in [-0.39, 0.29) is 5.78 Å². The van der Waals surface area contributed by atoms with Crippen LogP contribution in [0.5, 0.6) is 0 Å². The molecule has 0 bridgehead atoms. The maximum absolute atomic E-state index is 14.2. The van der Waals surface area contributed by atoms with Crippen LogP contribution in [0.4, 0.5) is 0 Å². The topological polar surface area (TPSA) is 49.3 Å². The zero-order valence-electron chi connectivity index (χ0n) is 19.5. The Morgan fingerprint density at radius 1 is 0.765 bits per heavy atom. The van der Waals surface area contributed by atoms with E-state index in [2.05, 4.69) is 46.1 Å². The summed E-state index contributed by atoms with van der Waals surface area (Å²) in [5.74, 6) is -1.10. The SMILES string of the molecule is C=CCN(CC=C)CC(C(=O)C(CN(CC=C)CC=C)c1cc(Cl)ccn1)c1cc(Cl)ccn1. The number of carbonyl (C=O) groups excluding carboxylic acids is 1. The summed E-state index contributed by atoms with van der Waals surface area (Å²) >= 11 is 12.6. The average molecular weight is 499 g/mol. The van der Waals surface area contributed by atoms with Crippen LogP contribution < -0.4 is 0 Å². The van der Waals surface area contributed by atoms with Crippen LogP contribution in [0.2, 0.25) is 10.0 Å². The molecule has 2 aromatic heterocycles. The Bertz CT molecular complexity index is 897. The smallest absolute Gasteiger partial charge is 0.153 e. The molecule has 0 saturated heterocycles. The number of pyridine rings is 2. The molecule has 0 aliphatic rings. The summed E-state index contributed by atoms with van der Waals surface area (Å²) in [6, 6.07) is 6.89. The minimum atomic E-state index is -0.543. The lowest BCUT2D eigenvalue weighted by Gasteiger charge is -2.30. The Morgan fingerprint density at radius 2 is 1.12 bits per heavy atom. The maximum atomic E-state index is 14.2. The third-order valence-electron chi connectivity index (χ3n) is 5.32. The Labute approximate surface area is 213 Å². The molecule has 2 unspecified atom stereocenters. The fourth-order valence-corrected chi connectivity index (χ4v) is 4.16. The monoisotopic (exact) mass is 498 g/mol. The van der Waals surface area contributed by atoms with E-state index in [0.29, 0.717) is 60.7 Å². The molecule has 2 heterocycles. The minimum absolute atomic E-state index is 0.0132. The summed E-state index contributed by atoms with van der Waals surface area (Å²) in [7, 11) is 0. The lowest BCUT2D eigenvalue weighted by Crippen LogP contribution is -2.39. The quantitative estimate of drug-likeness (QED) is 0.283. The molecule has 0 radical (unpaired) electrons. The molecular weight excluding hydrogens is 467 g/mol. The van der Waals surface area contributed by atoms with Crippen molar-refractivity contribution in [2.45, 2.75) is 11.8 Å². The van der Waals surface area contributed by atoms with Crippen molar-refractivity contribution in [2.75, 3.05) is 39.3 Å². The molecule has 0 N–H and O–H groups in total. The number of nitrogens with zero attached hydrogens (tertiary/aromatic N) is 4. The van der Waals surface area contributed by atoms with Gasteiger partial charge in [-0.3, -0.25) is 24.6 Å². The number of hydrogen-bond acceptors (Lipinski definition) is 5. The van der Waals surface area contributed by atoms with Crippen molar-refractivity contribution in [1.82, 2.24) is 19.8 Å². The van der Waals surface area contributed by atoms with Gasteiger partial charge in [-0.25, -0.2) is 0 Å². The van der Waals surface area contributed by atoms with Crippen LogP contribution in [0.1, 0.15) is 23.2 Å². The van der Waals surface area contributed by atoms with Crippen molar-refractivity contribution in [3.63, 3.8) is 0 Å². The van der Waals surface area contributed by atoms with E-state index in [4.69, 9.17) is 23.2 Å². The van der Waals surface area contributed by atoms with Crippen molar-refractivity contribution in [3.8, 4) is 0 Å². The summed E-state index contributed by atoms with van der Waals surface area (Å²) in [5, 5.41) is 1.05. The van der Waals surface area contributed by atoms with Gasteiger partial charge < -0.3 is 0 Å². The molecule has 7 heteroatoms. The van der Waals surface area contributed by atoms with Gasteiger partial charge in [-0.05, 0) is 24.3 Å². The van der Waals surface area contributed by atoms with E-state index in [1.54, 1.807) is 36.7 Å². The number of ketones is 1. The van der Waals surface area contributed by atoms with Gasteiger partial charge in [0.05, 0.1) is 23.2 Å². The zero-order chi connectivity index (χ0) is 24.9. The van der Waals surface area contributed by atoms with Crippen molar-refractivity contribution in [2.24, 2.45) is 0 Å². The lowest BCUT2D eigenvalue weighted by atomic mass is 9.86. The van der Waals surface area contributed by atoms with E-state index in [9.17, 15) is 4.79 Å². The molecule has 5 nitrogen and oxygen atoms in total. The minimum Gasteiger partial charge on any atom is -0.298 e. The normalized spacial score (nSPS) is 12.8. The van der Waals surface area contributed by atoms with Crippen LogP contribution >= 0.6 is 23.2 Å². The first-order valence-corrected chi connectivity index (χ1v) is 11.8. The average Bonchev–Trinajstić information content (AvgIpc) is 2.81. The number of rotatable bonds is 16. The Balaban J connectivity index is 2.54. The number of aromatic nitrogens is 2. The van der Waals surface area contributed by atoms with Gasteiger partial charge in [0, 0.05) is 61.7 Å². The summed E-state index contributed by atoms with van der Waals surface area (Å²) in [6.45, 7) is 18.7. The summed E-state index contributed by atoms with van der Waals surface area (Å²) in [5.41, 5.74) is 1.23. The van der Waals surface area contributed by atoms with Crippen LogP contribution in [0.3, 0.4) is 0 Å². The van der Waals surface area contributed by atoms with E-state index in [1.807, 2.05) is 24.3 Å². The summed E-state index contributed by atoms with van der Waals surface area (Å²) in [4.78, 5) is 27.4. The highest BCUT2D eigenvalue weighted by molar-refractivity contribution is 6.30. The molecule has 34 heavy (non-hydrogen) atoms. The van der Waals surface area contributed by atoms with Crippen LogP contribution in [0.15, 0.2) is 87.3 Å². The molecule has 2 atom stereocenters. The van der Waals surface area contributed by atoms with Gasteiger partial charge in [0.1, 0.15) is 0 Å². The molecule has 0 aliphatic heterocycles. The highest BCUT2D eigenvalue weighted by atomic mass is 35.5. The van der Waals surface area contributed by atoms with Gasteiger partial charge in [0.15, 0.2) is 5.78 Å². The zero-order valence-corrected chi connectivity index (χ0v) is 21.0. The lowest BCUT2D eigenvalue weighted by molar-refractivity contribution is -0.123. The van der Waals surface area contributed by atoms with E-state index in [0.717, 1.165) is 0 Å². The third kappa shape index (κ3) is 8.33. The first-order chi connectivity index (χ1) is 16.4. The molecule has 0 amide bonds. The van der Waals surface area contributed by atoms with Crippen LogP contribution in [-0.2, 0) is 4.79 Å². The van der Waals surface area contributed by atoms with Gasteiger partial charge in [-0.1, -0.05) is 47.5 Å². The Morgan fingerprint density at radius 3 is 1.41 bits per heavy atom. The van der Waals surface area contributed by atoms with Gasteiger partial charge >= 0.3 is 0 Å².